The largest absolute Gasteiger partial charge is 0.481 e. The van der Waals surface area contributed by atoms with Gasteiger partial charge >= 0.3 is 0 Å². The van der Waals surface area contributed by atoms with Gasteiger partial charge in [-0.15, -0.1) is 0 Å². The SMILES string of the molecule is CC(=O)O.Cc1cccc([N+](=O)[O-])c1C(=O)c1ccccc1. The molecule has 22 heavy (non-hydrogen) atoms. The zero-order chi connectivity index (χ0) is 16.7. The topological polar surface area (TPSA) is 97.5 Å². The molecule has 0 aliphatic rings. The van der Waals surface area contributed by atoms with E-state index in [-0.39, 0.29) is 17.0 Å². The Balaban J connectivity index is 0.000000541. The highest BCUT2D eigenvalue weighted by atomic mass is 16.6. The molecule has 0 aromatic heterocycles. The third kappa shape index (κ3) is 4.52. The number of rotatable bonds is 3. The van der Waals surface area contributed by atoms with Crippen molar-refractivity contribution in [1.82, 2.24) is 0 Å². The second kappa shape index (κ2) is 7.68. The lowest BCUT2D eigenvalue weighted by Gasteiger charge is -2.05. The predicted molar refractivity (Wildman–Crippen MR) is 81.0 cm³/mol. The van der Waals surface area contributed by atoms with E-state index in [2.05, 4.69) is 0 Å². The van der Waals surface area contributed by atoms with Gasteiger partial charge in [-0.1, -0.05) is 42.5 Å². The Morgan fingerprint density at radius 1 is 1.05 bits per heavy atom. The lowest BCUT2D eigenvalue weighted by molar-refractivity contribution is -0.385. The maximum Gasteiger partial charge on any atom is 0.300 e. The number of nitro groups is 1. The van der Waals surface area contributed by atoms with E-state index in [0.29, 0.717) is 11.1 Å². The summed E-state index contributed by atoms with van der Waals surface area (Å²) in [7, 11) is 0. The fourth-order valence-corrected chi connectivity index (χ4v) is 1.83. The van der Waals surface area contributed by atoms with Crippen molar-refractivity contribution in [1.29, 1.82) is 0 Å². The van der Waals surface area contributed by atoms with E-state index in [1.807, 2.05) is 0 Å². The monoisotopic (exact) mass is 301 g/mol. The normalized spacial score (nSPS) is 9.36. The molecular weight excluding hydrogens is 286 g/mol. The predicted octanol–water partition coefficient (Wildman–Crippen LogP) is 3.23. The van der Waals surface area contributed by atoms with Crippen LogP contribution in [0.25, 0.3) is 0 Å². The van der Waals surface area contributed by atoms with Crippen LogP contribution in [0.15, 0.2) is 48.5 Å². The number of hydrogen-bond acceptors (Lipinski definition) is 4. The Bertz CT molecular complexity index is 691. The molecule has 2 aromatic rings. The maximum absolute atomic E-state index is 12.3. The molecular formula is C16H15NO5. The van der Waals surface area contributed by atoms with Crippen LogP contribution in [0.4, 0.5) is 5.69 Å². The molecule has 0 amide bonds. The van der Waals surface area contributed by atoms with Crippen molar-refractivity contribution in [3.05, 3.63) is 75.3 Å². The average Bonchev–Trinajstić information content (AvgIpc) is 2.46. The molecule has 0 atom stereocenters. The number of carboxylic acids is 1. The Morgan fingerprint density at radius 3 is 2.09 bits per heavy atom. The molecule has 0 radical (unpaired) electrons. The number of nitrogens with zero attached hydrogens (tertiary/aromatic N) is 1. The van der Waals surface area contributed by atoms with Crippen molar-refractivity contribution >= 4 is 17.4 Å². The quantitative estimate of drug-likeness (QED) is 0.533. The number of nitro benzene ring substituents is 1. The maximum atomic E-state index is 12.3. The lowest BCUT2D eigenvalue weighted by atomic mass is 9.97. The van der Waals surface area contributed by atoms with Gasteiger partial charge < -0.3 is 5.11 Å². The van der Waals surface area contributed by atoms with Crippen LogP contribution in [0, 0.1) is 17.0 Å². The van der Waals surface area contributed by atoms with E-state index >= 15 is 0 Å². The van der Waals surface area contributed by atoms with Gasteiger partial charge in [0.15, 0.2) is 5.78 Å². The Hall–Kier alpha value is -3.02. The van der Waals surface area contributed by atoms with E-state index in [1.165, 1.54) is 6.07 Å². The third-order valence-corrected chi connectivity index (χ3v) is 2.71. The van der Waals surface area contributed by atoms with Gasteiger partial charge in [0.05, 0.1) is 4.92 Å². The fourth-order valence-electron chi connectivity index (χ4n) is 1.83. The summed E-state index contributed by atoms with van der Waals surface area (Å²) in [5.41, 5.74) is 1.07. The van der Waals surface area contributed by atoms with Crippen LogP contribution in [0.5, 0.6) is 0 Å². The number of carbonyl (C=O) groups is 2. The van der Waals surface area contributed by atoms with E-state index < -0.39 is 10.9 Å². The fraction of sp³-hybridized carbons (Fsp3) is 0.125. The average molecular weight is 301 g/mol. The molecule has 0 saturated heterocycles. The number of aryl methyl sites for hydroxylation is 1. The summed E-state index contributed by atoms with van der Waals surface area (Å²) in [6, 6.07) is 13.2. The van der Waals surface area contributed by atoms with Crippen molar-refractivity contribution in [2.75, 3.05) is 0 Å². The highest BCUT2D eigenvalue weighted by molar-refractivity contribution is 6.12. The van der Waals surface area contributed by atoms with Crippen LogP contribution < -0.4 is 0 Å². The van der Waals surface area contributed by atoms with Gasteiger partial charge in [-0.3, -0.25) is 19.7 Å². The molecule has 2 rings (SSSR count). The third-order valence-electron chi connectivity index (χ3n) is 2.71. The summed E-state index contributed by atoms with van der Waals surface area (Å²) in [5.74, 6) is -1.15. The highest BCUT2D eigenvalue weighted by Gasteiger charge is 2.22. The van der Waals surface area contributed by atoms with Crippen molar-refractivity contribution in [3.8, 4) is 0 Å². The summed E-state index contributed by atoms with van der Waals surface area (Å²) >= 11 is 0. The number of hydrogen-bond donors (Lipinski definition) is 1. The van der Waals surface area contributed by atoms with Gasteiger partial charge in [0.1, 0.15) is 5.56 Å². The van der Waals surface area contributed by atoms with Crippen LogP contribution in [-0.4, -0.2) is 21.8 Å². The first-order valence-corrected chi connectivity index (χ1v) is 6.38. The number of carboxylic acid groups (broad SMARTS) is 1. The molecule has 0 aliphatic heterocycles. The van der Waals surface area contributed by atoms with E-state index in [9.17, 15) is 14.9 Å². The molecule has 2 aromatic carbocycles. The van der Waals surface area contributed by atoms with Gasteiger partial charge in [-0.2, -0.15) is 0 Å². The van der Waals surface area contributed by atoms with Crippen molar-refractivity contribution < 1.29 is 19.6 Å². The smallest absolute Gasteiger partial charge is 0.300 e. The van der Waals surface area contributed by atoms with Gasteiger partial charge in [-0.05, 0) is 12.5 Å². The first kappa shape index (κ1) is 17.0. The number of benzene rings is 2. The number of aliphatic carboxylic acids is 1. The molecule has 114 valence electrons. The van der Waals surface area contributed by atoms with Crippen LogP contribution in [0.2, 0.25) is 0 Å². The van der Waals surface area contributed by atoms with Crippen LogP contribution in [0.1, 0.15) is 28.4 Å². The second-order valence-corrected chi connectivity index (χ2v) is 4.44. The molecule has 0 heterocycles. The minimum atomic E-state index is -0.833. The van der Waals surface area contributed by atoms with Gasteiger partial charge in [0.2, 0.25) is 0 Å². The summed E-state index contributed by atoms with van der Waals surface area (Å²) in [5, 5.41) is 18.4. The summed E-state index contributed by atoms with van der Waals surface area (Å²) in [6.07, 6.45) is 0. The lowest BCUT2D eigenvalue weighted by Crippen LogP contribution is -2.07. The molecule has 1 N–H and O–H groups in total. The standard InChI is InChI=1S/C14H11NO3.C2H4O2/c1-10-6-5-9-12(15(17)18)13(10)14(16)11-7-3-2-4-8-11;1-2(3)4/h2-9H,1H3;1H3,(H,3,4). The Morgan fingerprint density at radius 2 is 1.59 bits per heavy atom. The van der Waals surface area contributed by atoms with Crippen molar-refractivity contribution in [3.63, 3.8) is 0 Å². The Labute approximate surface area is 127 Å². The van der Waals surface area contributed by atoms with Gasteiger partial charge in [0, 0.05) is 18.6 Å². The van der Waals surface area contributed by atoms with Crippen molar-refractivity contribution in [2.45, 2.75) is 13.8 Å². The van der Waals surface area contributed by atoms with Gasteiger partial charge in [-0.25, -0.2) is 0 Å². The summed E-state index contributed by atoms with van der Waals surface area (Å²) < 4.78 is 0. The molecule has 0 fully saturated rings. The number of ketones is 1. The first-order chi connectivity index (χ1) is 10.3. The first-order valence-electron chi connectivity index (χ1n) is 6.38. The Kier molecular flexibility index (Phi) is 5.95. The van der Waals surface area contributed by atoms with Crippen LogP contribution in [-0.2, 0) is 4.79 Å². The molecule has 0 unspecified atom stereocenters. The molecule has 0 saturated carbocycles. The minimum absolute atomic E-state index is 0.149. The number of carbonyl (C=O) groups excluding carboxylic acids is 1. The van der Waals surface area contributed by atoms with E-state index in [4.69, 9.17) is 9.90 Å². The van der Waals surface area contributed by atoms with E-state index in [0.717, 1.165) is 6.92 Å². The van der Waals surface area contributed by atoms with E-state index in [1.54, 1.807) is 49.4 Å². The zero-order valence-corrected chi connectivity index (χ0v) is 12.1. The van der Waals surface area contributed by atoms with Crippen LogP contribution >= 0.6 is 0 Å². The molecule has 0 spiro atoms. The molecule has 6 nitrogen and oxygen atoms in total. The van der Waals surface area contributed by atoms with Crippen LogP contribution in [0.3, 0.4) is 0 Å². The summed E-state index contributed by atoms with van der Waals surface area (Å²) in [6.45, 7) is 2.78. The molecule has 0 aliphatic carbocycles. The second-order valence-electron chi connectivity index (χ2n) is 4.44. The minimum Gasteiger partial charge on any atom is -0.481 e. The highest BCUT2D eigenvalue weighted by Crippen LogP contribution is 2.24. The van der Waals surface area contributed by atoms with Gasteiger partial charge in [0.25, 0.3) is 11.7 Å². The molecule has 6 heteroatoms. The molecule has 0 bridgehead atoms. The van der Waals surface area contributed by atoms with Crippen molar-refractivity contribution in [2.24, 2.45) is 0 Å². The summed E-state index contributed by atoms with van der Waals surface area (Å²) in [4.78, 5) is 31.7. The zero-order valence-electron chi connectivity index (χ0n) is 12.1.